The average molecular weight is 298 g/mol. The van der Waals surface area contributed by atoms with Gasteiger partial charge in [-0.2, -0.15) is 4.98 Å². The van der Waals surface area contributed by atoms with Crippen LogP contribution in [-0.4, -0.2) is 47.7 Å². The summed E-state index contributed by atoms with van der Waals surface area (Å²) < 4.78 is 11.9. The Morgan fingerprint density at radius 2 is 2.36 bits per heavy atom. The Kier molecular flexibility index (Phi) is 2.39. The van der Waals surface area contributed by atoms with E-state index in [1.54, 1.807) is 0 Å². The molecule has 6 nitrogen and oxygen atoms in total. The monoisotopic (exact) mass is 298 g/mol. The van der Waals surface area contributed by atoms with E-state index in [2.05, 4.69) is 20.2 Å². The maximum absolute atomic E-state index is 6.16. The van der Waals surface area contributed by atoms with Crippen molar-refractivity contribution in [2.45, 2.75) is 18.9 Å². The molecule has 4 heterocycles. The Bertz CT molecular complexity index is 784. The minimum absolute atomic E-state index is 0.122. The molecule has 1 spiro atoms. The molecule has 1 aromatic heterocycles. The number of nitrogens with one attached hydrogen (secondary N) is 1. The highest BCUT2D eigenvalue weighted by molar-refractivity contribution is 5.90. The molecule has 1 aromatic carbocycles. The van der Waals surface area contributed by atoms with Crippen LogP contribution in [0.3, 0.4) is 0 Å². The number of oxazole rings is 1. The SMILES string of the molecule is Cc1ccc2nc(NC3=NCC4(CN5CCC4C5)O3)oc2c1. The van der Waals surface area contributed by atoms with E-state index in [0.717, 1.165) is 36.3 Å². The number of benzene rings is 1. The summed E-state index contributed by atoms with van der Waals surface area (Å²) in [6.45, 7) is 6.09. The third-order valence-electron chi connectivity index (χ3n) is 5.06. The first-order valence-corrected chi connectivity index (χ1v) is 7.80. The van der Waals surface area contributed by atoms with Crippen molar-refractivity contribution in [1.82, 2.24) is 9.88 Å². The van der Waals surface area contributed by atoms with Gasteiger partial charge >= 0.3 is 6.01 Å². The number of ether oxygens (including phenoxy) is 1. The summed E-state index contributed by atoms with van der Waals surface area (Å²) in [6.07, 6.45) is 1.21. The van der Waals surface area contributed by atoms with Gasteiger partial charge in [0.15, 0.2) is 5.58 Å². The van der Waals surface area contributed by atoms with Crippen LogP contribution in [0.2, 0.25) is 0 Å². The summed E-state index contributed by atoms with van der Waals surface area (Å²) in [5.41, 5.74) is 2.65. The zero-order valence-electron chi connectivity index (χ0n) is 12.5. The molecule has 3 atom stereocenters. The van der Waals surface area contributed by atoms with Gasteiger partial charge in [-0.25, -0.2) is 4.99 Å². The second kappa shape index (κ2) is 4.23. The van der Waals surface area contributed by atoms with E-state index in [1.165, 1.54) is 13.0 Å². The number of hydrogen-bond donors (Lipinski definition) is 1. The minimum atomic E-state index is -0.122. The predicted octanol–water partition coefficient (Wildman–Crippen LogP) is 2.01. The Hall–Kier alpha value is -2.08. The van der Waals surface area contributed by atoms with Crippen LogP contribution in [0.1, 0.15) is 12.0 Å². The quantitative estimate of drug-likeness (QED) is 0.872. The number of aromatic nitrogens is 1. The predicted molar refractivity (Wildman–Crippen MR) is 83.0 cm³/mol. The molecule has 2 saturated heterocycles. The van der Waals surface area contributed by atoms with Crippen LogP contribution in [-0.2, 0) is 4.74 Å². The number of aryl methyl sites for hydroxylation is 1. The standard InChI is InChI=1S/C16H18N4O2/c1-10-2-3-12-13(6-10)21-15(18-12)19-14-17-8-16(22-14)9-20-5-4-11(16)7-20/h2-3,6,11H,4-5,7-9H2,1H3,(H,17,18,19). The lowest BCUT2D eigenvalue weighted by Gasteiger charge is -2.31. The molecule has 3 unspecified atom stereocenters. The van der Waals surface area contributed by atoms with Gasteiger partial charge in [0.25, 0.3) is 6.02 Å². The maximum atomic E-state index is 6.16. The van der Waals surface area contributed by atoms with E-state index in [1.807, 2.05) is 25.1 Å². The van der Waals surface area contributed by atoms with Crippen molar-refractivity contribution in [3.63, 3.8) is 0 Å². The summed E-state index contributed by atoms with van der Waals surface area (Å²) in [4.78, 5) is 11.4. The molecule has 3 aliphatic heterocycles. The van der Waals surface area contributed by atoms with Crippen molar-refractivity contribution in [2.75, 3.05) is 31.5 Å². The first-order chi connectivity index (χ1) is 10.7. The first-order valence-electron chi connectivity index (χ1n) is 7.80. The highest BCUT2D eigenvalue weighted by Gasteiger charge is 2.54. The maximum Gasteiger partial charge on any atom is 0.303 e. The summed E-state index contributed by atoms with van der Waals surface area (Å²) in [7, 11) is 0. The highest BCUT2D eigenvalue weighted by Crippen LogP contribution is 2.41. The smallest absolute Gasteiger partial charge is 0.303 e. The van der Waals surface area contributed by atoms with Gasteiger partial charge in [0, 0.05) is 19.0 Å². The molecular formula is C16H18N4O2. The Labute approximate surface area is 128 Å². The van der Waals surface area contributed by atoms with E-state index in [4.69, 9.17) is 9.15 Å². The number of rotatable bonds is 1. The minimum Gasteiger partial charge on any atom is -0.455 e. The van der Waals surface area contributed by atoms with Gasteiger partial charge in [-0.15, -0.1) is 0 Å². The van der Waals surface area contributed by atoms with Gasteiger partial charge < -0.3 is 9.15 Å². The van der Waals surface area contributed by atoms with E-state index in [9.17, 15) is 0 Å². The van der Waals surface area contributed by atoms with Crippen molar-refractivity contribution in [1.29, 1.82) is 0 Å². The summed E-state index contributed by atoms with van der Waals surface area (Å²) in [5.74, 6) is 0.599. The lowest BCUT2D eigenvalue weighted by atomic mass is 9.88. The Morgan fingerprint density at radius 1 is 1.41 bits per heavy atom. The van der Waals surface area contributed by atoms with Crippen LogP contribution in [0.5, 0.6) is 0 Å². The van der Waals surface area contributed by atoms with Gasteiger partial charge in [0.2, 0.25) is 0 Å². The van der Waals surface area contributed by atoms with Crippen molar-refractivity contribution in [3.05, 3.63) is 23.8 Å². The largest absolute Gasteiger partial charge is 0.455 e. The molecule has 0 radical (unpaired) electrons. The molecule has 0 saturated carbocycles. The van der Waals surface area contributed by atoms with E-state index >= 15 is 0 Å². The fraction of sp³-hybridized carbons (Fsp3) is 0.500. The zero-order chi connectivity index (χ0) is 14.7. The topological polar surface area (TPSA) is 62.9 Å². The Balaban J connectivity index is 1.35. The number of nitrogens with zero attached hydrogens (tertiary/aromatic N) is 3. The molecule has 2 bridgehead atoms. The van der Waals surface area contributed by atoms with Crippen LogP contribution >= 0.6 is 0 Å². The third kappa shape index (κ3) is 1.76. The number of piperidine rings is 1. The highest BCUT2D eigenvalue weighted by atomic mass is 16.5. The van der Waals surface area contributed by atoms with Crippen molar-refractivity contribution in [3.8, 4) is 0 Å². The van der Waals surface area contributed by atoms with Gasteiger partial charge in [-0.05, 0) is 37.6 Å². The summed E-state index contributed by atoms with van der Waals surface area (Å²) in [5, 5.41) is 3.09. The lowest BCUT2D eigenvalue weighted by Crippen LogP contribution is -2.46. The van der Waals surface area contributed by atoms with Crippen LogP contribution in [0, 0.1) is 12.8 Å². The van der Waals surface area contributed by atoms with Crippen molar-refractivity contribution in [2.24, 2.45) is 10.9 Å². The van der Waals surface area contributed by atoms with Crippen molar-refractivity contribution < 1.29 is 9.15 Å². The van der Waals surface area contributed by atoms with Gasteiger partial charge in [0.05, 0.1) is 6.54 Å². The average Bonchev–Trinajstić information content (AvgIpc) is 3.23. The molecule has 22 heavy (non-hydrogen) atoms. The number of aliphatic imine (C=N–C) groups is 1. The molecule has 114 valence electrons. The molecule has 1 N–H and O–H groups in total. The summed E-state index contributed by atoms with van der Waals surface area (Å²) >= 11 is 0. The second-order valence-corrected chi connectivity index (χ2v) is 6.62. The van der Waals surface area contributed by atoms with Gasteiger partial charge in [0.1, 0.15) is 11.1 Å². The molecule has 0 aliphatic carbocycles. The number of anilines is 1. The van der Waals surface area contributed by atoms with Crippen LogP contribution in [0.25, 0.3) is 11.1 Å². The number of hydrogen-bond acceptors (Lipinski definition) is 6. The molecule has 6 heteroatoms. The molecule has 3 aliphatic rings. The third-order valence-corrected chi connectivity index (χ3v) is 5.06. The summed E-state index contributed by atoms with van der Waals surface area (Å²) in [6, 6.07) is 6.95. The van der Waals surface area contributed by atoms with E-state index < -0.39 is 0 Å². The lowest BCUT2D eigenvalue weighted by molar-refractivity contribution is 0.0363. The number of amidine groups is 1. The van der Waals surface area contributed by atoms with Crippen LogP contribution < -0.4 is 5.32 Å². The van der Waals surface area contributed by atoms with Crippen LogP contribution in [0.4, 0.5) is 6.01 Å². The molecule has 2 fully saturated rings. The Morgan fingerprint density at radius 3 is 3.18 bits per heavy atom. The normalized spacial score (nSPS) is 32.7. The van der Waals surface area contributed by atoms with E-state index in [0.29, 0.717) is 18.0 Å². The van der Waals surface area contributed by atoms with E-state index in [-0.39, 0.29) is 5.60 Å². The second-order valence-electron chi connectivity index (χ2n) is 6.62. The van der Waals surface area contributed by atoms with Gasteiger partial charge in [-0.3, -0.25) is 10.2 Å². The molecule has 2 aromatic rings. The molecular weight excluding hydrogens is 280 g/mol. The zero-order valence-corrected chi connectivity index (χ0v) is 12.5. The fourth-order valence-electron chi connectivity index (χ4n) is 3.91. The fourth-order valence-corrected chi connectivity index (χ4v) is 3.91. The van der Waals surface area contributed by atoms with Crippen LogP contribution in [0.15, 0.2) is 27.6 Å². The van der Waals surface area contributed by atoms with Gasteiger partial charge in [-0.1, -0.05) is 6.07 Å². The molecule has 0 amide bonds. The van der Waals surface area contributed by atoms with Crippen molar-refractivity contribution >= 4 is 23.1 Å². The number of fused-ring (bicyclic) bond motifs is 4. The first kappa shape index (κ1) is 12.5. The molecule has 5 rings (SSSR count).